The summed E-state index contributed by atoms with van der Waals surface area (Å²) in [7, 11) is -4.97. The molecule has 0 fully saturated rings. The van der Waals surface area contributed by atoms with Crippen LogP contribution in [0.3, 0.4) is 0 Å². The summed E-state index contributed by atoms with van der Waals surface area (Å²) in [5, 5.41) is 20.2. The Hall–Kier alpha value is -3.30. The van der Waals surface area contributed by atoms with Crippen LogP contribution >= 0.6 is 7.37 Å². The molecule has 3 aromatic rings. The van der Waals surface area contributed by atoms with Gasteiger partial charge in [0, 0.05) is 23.7 Å². The molecule has 1 aromatic heterocycles. The van der Waals surface area contributed by atoms with E-state index >= 15 is 0 Å². The van der Waals surface area contributed by atoms with Crippen LogP contribution in [0.15, 0.2) is 60.8 Å². The predicted octanol–water partition coefficient (Wildman–Crippen LogP) is 4.76. The van der Waals surface area contributed by atoms with Crippen molar-refractivity contribution in [1.82, 2.24) is 4.98 Å². The molecule has 0 bridgehead atoms. The topological polar surface area (TPSA) is 108 Å². The average molecular weight is 507 g/mol. The quantitative estimate of drug-likeness (QED) is 0.315. The molecule has 3 atom stereocenters. The fourth-order valence-electron chi connectivity index (χ4n) is 5.50. The fourth-order valence-corrected chi connectivity index (χ4v) is 7.37. The van der Waals surface area contributed by atoms with E-state index in [9.17, 15) is 28.9 Å². The van der Waals surface area contributed by atoms with Crippen molar-refractivity contribution in [1.29, 1.82) is 0 Å². The maximum atomic E-state index is 13.6. The molecule has 6 nitrogen and oxygen atoms in total. The third kappa shape index (κ3) is 3.87. The maximum Gasteiger partial charge on any atom is 0.324 e. The van der Waals surface area contributed by atoms with Crippen LogP contribution in [-0.4, -0.2) is 31.2 Å². The van der Waals surface area contributed by atoms with Crippen LogP contribution in [0.1, 0.15) is 36.1 Å². The number of carboxylic acid groups (broad SMARTS) is 1. The lowest BCUT2D eigenvalue weighted by Gasteiger charge is -2.47. The number of carboxylic acids is 1. The minimum absolute atomic E-state index is 0.0607. The number of aromatic nitrogens is 1. The van der Waals surface area contributed by atoms with E-state index < -0.39 is 42.3 Å². The van der Waals surface area contributed by atoms with E-state index in [-0.39, 0.29) is 5.56 Å². The summed E-state index contributed by atoms with van der Waals surface area (Å²) >= 11 is 0. The van der Waals surface area contributed by atoms with E-state index in [1.807, 2.05) is 24.3 Å². The Morgan fingerprint density at radius 3 is 2.42 bits per heavy atom. The molecule has 0 amide bonds. The lowest BCUT2D eigenvalue weighted by molar-refractivity contribution is -0.153. The van der Waals surface area contributed by atoms with Crippen molar-refractivity contribution in [3.8, 4) is 23.3 Å². The number of hydrogen-bond acceptors (Lipinski definition) is 4. The van der Waals surface area contributed by atoms with Gasteiger partial charge in [0.25, 0.3) is 7.37 Å². The average Bonchev–Trinajstić information content (AvgIpc) is 2.84. The van der Waals surface area contributed by atoms with Crippen molar-refractivity contribution in [3.63, 3.8) is 0 Å². The normalized spacial score (nSPS) is 17.6. The zero-order valence-electron chi connectivity index (χ0n) is 20.0. The Kier molecular flexibility index (Phi) is 6.66. The molecular formula is C28H27FNO5P. The summed E-state index contributed by atoms with van der Waals surface area (Å²) in [4.78, 5) is 28.5. The molecule has 0 spiro atoms. The summed E-state index contributed by atoms with van der Waals surface area (Å²) in [5.74, 6) is -3.28. The van der Waals surface area contributed by atoms with E-state index in [4.69, 9.17) is 6.42 Å². The van der Waals surface area contributed by atoms with Gasteiger partial charge in [0.1, 0.15) is 11.4 Å². The highest BCUT2D eigenvalue weighted by Gasteiger charge is 2.69. The highest BCUT2D eigenvalue weighted by molar-refractivity contribution is 7.66. The van der Waals surface area contributed by atoms with Crippen LogP contribution in [0.4, 0.5) is 4.39 Å². The SMILES string of the molecule is C#CP(=O)(O)C(C(=O)O)(C(C)C)C(O)(Cc1ccc(F)cc1)c1cnc2c(c1)CCc1ccccc1-2. The van der Waals surface area contributed by atoms with Gasteiger partial charge in [0.2, 0.25) is 0 Å². The Morgan fingerprint density at radius 2 is 1.81 bits per heavy atom. The van der Waals surface area contributed by atoms with Crippen LogP contribution in [0.2, 0.25) is 0 Å². The Balaban J connectivity index is 2.01. The summed E-state index contributed by atoms with van der Waals surface area (Å²) in [6, 6.07) is 14.6. The van der Waals surface area contributed by atoms with Crippen molar-refractivity contribution in [3.05, 3.63) is 88.9 Å². The van der Waals surface area contributed by atoms with Crippen LogP contribution in [-0.2, 0) is 34.2 Å². The second-order valence-electron chi connectivity index (χ2n) is 9.48. The molecule has 3 N–H and O–H groups in total. The molecule has 1 aliphatic rings. The van der Waals surface area contributed by atoms with Crippen LogP contribution in [0.5, 0.6) is 0 Å². The summed E-state index contributed by atoms with van der Waals surface area (Å²) in [6.45, 7) is 2.87. The number of halogens is 1. The second kappa shape index (κ2) is 9.29. The number of aliphatic carboxylic acids is 1. The number of pyridine rings is 1. The molecule has 4 rings (SSSR count). The van der Waals surface area contributed by atoms with Crippen molar-refractivity contribution >= 4 is 13.3 Å². The summed E-state index contributed by atoms with van der Waals surface area (Å²) in [5.41, 5.74) is 3.30. The zero-order valence-corrected chi connectivity index (χ0v) is 20.9. The fraction of sp³-hybridized carbons (Fsp3) is 0.286. The van der Waals surface area contributed by atoms with Gasteiger partial charge in [0.05, 0.1) is 5.69 Å². The van der Waals surface area contributed by atoms with Gasteiger partial charge < -0.3 is 15.1 Å². The Labute approximate surface area is 209 Å². The monoisotopic (exact) mass is 507 g/mol. The minimum atomic E-state index is -4.97. The van der Waals surface area contributed by atoms with Crippen molar-refractivity contribution in [2.24, 2.45) is 5.92 Å². The molecular weight excluding hydrogens is 480 g/mol. The van der Waals surface area contributed by atoms with Gasteiger partial charge in [-0.05, 0) is 59.3 Å². The van der Waals surface area contributed by atoms with Crippen molar-refractivity contribution < 1.29 is 28.9 Å². The lowest BCUT2D eigenvalue weighted by Crippen LogP contribution is -2.61. The third-order valence-electron chi connectivity index (χ3n) is 7.20. The first-order valence-electron chi connectivity index (χ1n) is 11.6. The second-order valence-corrected chi connectivity index (χ2v) is 11.6. The smallest absolute Gasteiger partial charge is 0.324 e. The van der Waals surface area contributed by atoms with Gasteiger partial charge in [0.15, 0.2) is 5.16 Å². The van der Waals surface area contributed by atoms with E-state index in [0.717, 1.165) is 23.1 Å². The molecule has 1 aliphatic carbocycles. The first-order valence-corrected chi connectivity index (χ1v) is 13.2. The van der Waals surface area contributed by atoms with E-state index in [0.29, 0.717) is 17.7 Å². The molecule has 1 heterocycles. The van der Waals surface area contributed by atoms with Crippen LogP contribution in [0.25, 0.3) is 11.3 Å². The lowest BCUT2D eigenvalue weighted by atomic mass is 9.71. The summed E-state index contributed by atoms with van der Waals surface area (Å²) < 4.78 is 27.1. The molecule has 0 saturated carbocycles. The van der Waals surface area contributed by atoms with E-state index in [1.165, 1.54) is 44.3 Å². The molecule has 8 heteroatoms. The molecule has 0 saturated heterocycles. The Morgan fingerprint density at radius 1 is 1.17 bits per heavy atom. The van der Waals surface area contributed by atoms with Gasteiger partial charge in [-0.1, -0.05) is 50.2 Å². The van der Waals surface area contributed by atoms with Gasteiger partial charge >= 0.3 is 5.97 Å². The molecule has 2 aromatic carbocycles. The number of terminal acetylenes is 1. The third-order valence-corrected chi connectivity index (χ3v) is 9.58. The largest absolute Gasteiger partial charge is 0.480 e. The molecule has 3 unspecified atom stereocenters. The van der Waals surface area contributed by atoms with E-state index in [1.54, 1.807) is 11.7 Å². The van der Waals surface area contributed by atoms with Crippen molar-refractivity contribution in [2.75, 3.05) is 0 Å². The zero-order chi connectivity index (χ0) is 26.3. The molecule has 0 radical (unpaired) electrons. The van der Waals surface area contributed by atoms with E-state index in [2.05, 4.69) is 4.98 Å². The minimum Gasteiger partial charge on any atom is -0.480 e. The number of aliphatic hydroxyl groups is 1. The number of hydrogen-bond donors (Lipinski definition) is 3. The van der Waals surface area contributed by atoms with Crippen LogP contribution in [0, 0.1) is 23.8 Å². The van der Waals surface area contributed by atoms with Crippen molar-refractivity contribution in [2.45, 2.75) is 43.9 Å². The highest BCUT2D eigenvalue weighted by Crippen LogP contribution is 2.65. The first-order chi connectivity index (χ1) is 17.0. The predicted molar refractivity (Wildman–Crippen MR) is 135 cm³/mol. The number of benzene rings is 2. The number of fused-ring (bicyclic) bond motifs is 3. The number of rotatable bonds is 7. The van der Waals surface area contributed by atoms with Crippen LogP contribution < -0.4 is 0 Å². The molecule has 186 valence electrons. The Bertz CT molecular complexity index is 1410. The highest BCUT2D eigenvalue weighted by atomic mass is 31.2. The first kappa shape index (κ1) is 25.8. The number of nitrogens with zero attached hydrogens (tertiary/aromatic N) is 1. The number of carbonyl (C=O) groups is 1. The standard InChI is InChI=1S/C28H27FNO5P/c1-4-36(34,35)28(18(2)3,26(31)32)27(33,16-19-9-13-23(29)14-10-19)22-15-21-12-11-20-7-5-6-8-24(20)25(21)30-17-22/h1,5-10,13-15,17-18,33H,11-12,16H2,2-3H3,(H,31,32)(H,34,35). The summed E-state index contributed by atoms with van der Waals surface area (Å²) in [6.07, 6.45) is 7.68. The maximum absolute atomic E-state index is 13.6. The molecule has 36 heavy (non-hydrogen) atoms. The number of aryl methyl sites for hydroxylation is 2. The molecule has 0 aliphatic heterocycles. The van der Waals surface area contributed by atoms with Gasteiger partial charge in [-0.3, -0.25) is 14.3 Å². The van der Waals surface area contributed by atoms with Gasteiger partial charge in [-0.2, -0.15) is 0 Å². The van der Waals surface area contributed by atoms with Gasteiger partial charge in [-0.25, -0.2) is 4.39 Å². The van der Waals surface area contributed by atoms with Gasteiger partial charge in [-0.15, -0.1) is 6.42 Å².